The molecule has 0 unspecified atom stereocenters. The molecule has 10 heteroatoms. The fraction of sp³-hybridized carbons (Fsp3) is 0.667. The molecule has 3 heterocycles. The largest absolute Gasteiger partial charge is 0.386 e. The molecule has 3 spiro atoms. The van der Waals surface area contributed by atoms with E-state index in [1.165, 1.54) is 60.0 Å². The molecule has 49 heavy (non-hydrogen) atoms. The second kappa shape index (κ2) is 17.9. The Labute approximate surface area is 327 Å². The molecule has 7 aliphatic rings. The number of hydrogen-bond acceptors (Lipinski definition) is 9. The number of aliphatic hydroxyl groups excluding tert-OH is 2. The van der Waals surface area contributed by atoms with Crippen LogP contribution >= 0.6 is 47.0 Å². The molecule has 0 bridgehead atoms. The molecule has 0 radical (unpaired) electrons. The van der Waals surface area contributed by atoms with Gasteiger partial charge in [-0.1, -0.05) is 62.0 Å². The van der Waals surface area contributed by atoms with Crippen LogP contribution in [0.1, 0.15) is 85.5 Å². The summed E-state index contributed by atoms with van der Waals surface area (Å²) in [5, 5.41) is 17.4. The third-order valence-corrected chi connectivity index (χ3v) is 18.0. The quantitative estimate of drug-likeness (QED) is 0.263. The van der Waals surface area contributed by atoms with Gasteiger partial charge in [-0.25, -0.2) is 0 Å². The van der Waals surface area contributed by atoms with Gasteiger partial charge < -0.3 is 19.7 Å². The molecule has 4 aliphatic carbocycles. The van der Waals surface area contributed by atoms with E-state index in [0.29, 0.717) is 13.9 Å². The van der Waals surface area contributed by atoms with E-state index in [4.69, 9.17) is 19.7 Å². The second-order valence-electron chi connectivity index (χ2n) is 14.0. The number of rotatable bonds is 5. The van der Waals surface area contributed by atoms with E-state index in [1.54, 1.807) is 5.57 Å². The van der Waals surface area contributed by atoms with Gasteiger partial charge in [-0.2, -0.15) is 0 Å². The molecular formula is C39H58O5S4W. The minimum atomic E-state index is -0.882. The van der Waals surface area contributed by atoms with Gasteiger partial charge in [0.2, 0.25) is 0 Å². The molecule has 7 rings (SSSR count). The maximum atomic E-state index is 12.1. The van der Waals surface area contributed by atoms with Crippen molar-refractivity contribution in [3.05, 3.63) is 73.9 Å². The zero-order chi connectivity index (χ0) is 33.9. The molecule has 0 aromatic rings. The number of Topliss-reactive ketones (excluding diaryl/α,β-unsaturated/α-hetero) is 1. The van der Waals surface area contributed by atoms with Crippen molar-refractivity contribution in [2.75, 3.05) is 23.0 Å². The van der Waals surface area contributed by atoms with E-state index in [1.807, 2.05) is 12.2 Å². The van der Waals surface area contributed by atoms with Gasteiger partial charge in [0, 0.05) is 67.7 Å². The summed E-state index contributed by atoms with van der Waals surface area (Å²) in [4.78, 5) is 12.1. The number of ketones is 1. The van der Waals surface area contributed by atoms with Crippen molar-refractivity contribution >= 4 is 52.8 Å². The second-order valence-corrected chi connectivity index (χ2v) is 20.2. The molecule has 3 aliphatic heterocycles. The van der Waals surface area contributed by atoms with Crippen LogP contribution in [0.5, 0.6) is 0 Å². The van der Waals surface area contributed by atoms with Crippen LogP contribution in [0.25, 0.3) is 0 Å². The van der Waals surface area contributed by atoms with Crippen molar-refractivity contribution < 1.29 is 45.5 Å². The summed E-state index contributed by atoms with van der Waals surface area (Å²) < 4.78 is 13.7. The third-order valence-electron chi connectivity index (χ3n) is 11.2. The first-order valence-electron chi connectivity index (χ1n) is 17.2. The molecule has 6 atom stereocenters. The molecule has 0 amide bonds. The smallest absolute Gasteiger partial charge is 0.179 e. The van der Waals surface area contributed by atoms with Crippen molar-refractivity contribution in [2.45, 2.75) is 124 Å². The van der Waals surface area contributed by atoms with Crippen LogP contribution in [0.4, 0.5) is 0 Å². The standard InChI is InChI=1S/C19H26O2S2.C13H18OS2.C6H10O2.CH4.W/c1-4-15-16(5-2)21-19(20-15)8-6-7-14-13-18(22-11-12-23-18)10-9-17(14,19)3;1-12-5-6-13(15-7-8-16-13)9-10(12)3-2-4-11(12)14;1-3-5(7)6(8)4-2;;/h4-5,13,15-16H,1-2,6-12H2,3H3;9H,2-8H2,1H3;3-8H,1-2H2;1H4;/t15-,16-,17+;12-;5-,6-;;/m101../s1. The number of aliphatic hydroxyl groups is 2. The van der Waals surface area contributed by atoms with Crippen LogP contribution in [-0.4, -0.2) is 77.4 Å². The zero-order valence-electron chi connectivity index (χ0n) is 28.7. The molecule has 5 fully saturated rings. The van der Waals surface area contributed by atoms with Gasteiger partial charge in [0.15, 0.2) is 5.79 Å². The molecule has 0 aromatic carbocycles. The predicted octanol–water partition coefficient (Wildman–Crippen LogP) is 9.28. The van der Waals surface area contributed by atoms with Crippen molar-refractivity contribution in [2.24, 2.45) is 10.8 Å². The Kier molecular flexibility index (Phi) is 15.9. The first kappa shape index (κ1) is 43.4. The summed E-state index contributed by atoms with van der Waals surface area (Å²) in [6, 6.07) is 0. The van der Waals surface area contributed by atoms with Gasteiger partial charge in [0.25, 0.3) is 0 Å². The molecule has 274 valence electrons. The number of allylic oxidation sites excluding steroid dienone is 1. The van der Waals surface area contributed by atoms with Crippen LogP contribution in [0.2, 0.25) is 0 Å². The van der Waals surface area contributed by atoms with Gasteiger partial charge >= 0.3 is 0 Å². The van der Waals surface area contributed by atoms with Crippen LogP contribution in [0.15, 0.2) is 73.9 Å². The molecular weight excluding hydrogens is 861 g/mol. The van der Waals surface area contributed by atoms with Crippen LogP contribution < -0.4 is 0 Å². The summed E-state index contributed by atoms with van der Waals surface area (Å²) in [5.74, 6) is 5.11. The van der Waals surface area contributed by atoms with E-state index >= 15 is 0 Å². The summed E-state index contributed by atoms with van der Waals surface area (Å²) in [5.41, 5.74) is 2.91. The first-order valence-corrected chi connectivity index (χ1v) is 21.1. The Morgan fingerprint density at radius 3 is 1.69 bits per heavy atom. The monoisotopic (exact) mass is 918 g/mol. The van der Waals surface area contributed by atoms with Gasteiger partial charge in [-0.15, -0.1) is 73.4 Å². The topological polar surface area (TPSA) is 76.0 Å². The van der Waals surface area contributed by atoms with Crippen LogP contribution in [0.3, 0.4) is 0 Å². The molecule has 0 aromatic heterocycles. The van der Waals surface area contributed by atoms with Crippen molar-refractivity contribution in [3.63, 3.8) is 0 Å². The zero-order valence-corrected chi connectivity index (χ0v) is 34.9. The Morgan fingerprint density at radius 1 is 0.735 bits per heavy atom. The van der Waals surface area contributed by atoms with E-state index in [0.717, 1.165) is 44.9 Å². The molecule has 5 nitrogen and oxygen atoms in total. The molecule has 2 N–H and O–H groups in total. The Morgan fingerprint density at radius 2 is 1.20 bits per heavy atom. The number of carbonyl (C=O) groups excluding carboxylic acids is 1. The van der Waals surface area contributed by atoms with Crippen molar-refractivity contribution in [3.8, 4) is 0 Å². The Hall–Kier alpha value is 0.0383. The number of hydrogen-bond donors (Lipinski definition) is 2. The maximum Gasteiger partial charge on any atom is 0.179 e. The fourth-order valence-corrected chi connectivity index (χ4v) is 14.4. The Balaban J connectivity index is 0.000000219. The summed E-state index contributed by atoms with van der Waals surface area (Å²) in [6.45, 7) is 18.9. The molecule has 3 saturated heterocycles. The van der Waals surface area contributed by atoms with Gasteiger partial charge in [0.05, 0.1) is 8.16 Å². The number of fused-ring (bicyclic) bond motifs is 3. The normalized spacial score (nSPS) is 34.1. The van der Waals surface area contributed by atoms with E-state index in [9.17, 15) is 4.79 Å². The molecule has 2 saturated carbocycles. The predicted molar refractivity (Wildman–Crippen MR) is 211 cm³/mol. The summed E-state index contributed by atoms with van der Waals surface area (Å²) in [6.07, 6.45) is 20.4. The average molecular weight is 919 g/mol. The number of carbonyl (C=O) groups is 1. The van der Waals surface area contributed by atoms with Crippen LogP contribution in [-0.2, 0) is 35.3 Å². The van der Waals surface area contributed by atoms with E-state index < -0.39 is 18.0 Å². The Bertz CT molecular complexity index is 1240. The summed E-state index contributed by atoms with van der Waals surface area (Å²) in [7, 11) is 0. The van der Waals surface area contributed by atoms with Gasteiger partial charge in [0.1, 0.15) is 30.2 Å². The maximum absolute atomic E-state index is 12.1. The number of thioether (sulfide) groups is 4. The third kappa shape index (κ3) is 8.72. The minimum Gasteiger partial charge on any atom is -0.386 e. The van der Waals surface area contributed by atoms with Crippen molar-refractivity contribution in [1.29, 1.82) is 0 Å². The van der Waals surface area contributed by atoms with E-state index in [2.05, 4.69) is 99.4 Å². The van der Waals surface area contributed by atoms with Gasteiger partial charge in [-0.3, -0.25) is 4.79 Å². The SMILES string of the molecule is C.C=C[C@@H](O)[C@H](O)C=C.C=C[C@H]1OC2(CCCC3=CC4(CC[C@@]32C)SCCS4)O[C@@H]1C=C.C[C@]12CCC3(C=C1CCCC2=O)SCCS3.[W]. The fourth-order valence-electron chi connectivity index (χ4n) is 8.14. The van der Waals surface area contributed by atoms with Crippen LogP contribution in [0, 0.1) is 10.8 Å². The van der Waals surface area contributed by atoms with Gasteiger partial charge in [-0.05, 0) is 58.3 Å². The summed E-state index contributed by atoms with van der Waals surface area (Å²) >= 11 is 8.46. The minimum absolute atomic E-state index is 0. The van der Waals surface area contributed by atoms with Crippen molar-refractivity contribution in [1.82, 2.24) is 0 Å². The average Bonchev–Trinajstić information content (AvgIpc) is 3.83. The van der Waals surface area contributed by atoms with E-state index in [-0.39, 0.29) is 51.5 Å². The number of ether oxygens (including phenoxy) is 2. The first-order chi connectivity index (χ1) is 22.4.